The third-order valence-electron chi connectivity index (χ3n) is 2.18. The van der Waals surface area contributed by atoms with E-state index in [0.717, 1.165) is 32.0 Å². The highest BCUT2D eigenvalue weighted by Crippen LogP contribution is 2.05. The normalized spacial score (nSPS) is 13.0. The largest absolute Gasteiger partial charge is 0.380 e. The lowest BCUT2D eigenvalue weighted by Gasteiger charge is -2.12. The minimum atomic E-state index is 0.211. The maximum absolute atomic E-state index is 5.38. The van der Waals surface area contributed by atoms with Gasteiger partial charge >= 0.3 is 0 Å². The zero-order chi connectivity index (χ0) is 11.1. The predicted molar refractivity (Wildman–Crippen MR) is 58.5 cm³/mol. The summed E-state index contributed by atoms with van der Waals surface area (Å²) in [6, 6.07) is 0.211. The van der Waals surface area contributed by atoms with Gasteiger partial charge in [0.25, 0.3) is 0 Å². The fourth-order valence-corrected chi connectivity index (χ4v) is 1.37. The molecule has 0 aliphatic heterocycles. The van der Waals surface area contributed by atoms with Crippen molar-refractivity contribution in [2.75, 3.05) is 19.8 Å². The number of aryl methyl sites for hydroxylation is 1. The van der Waals surface area contributed by atoms with Crippen LogP contribution in [-0.4, -0.2) is 34.5 Å². The molecular formula is C10H20N4O. The van der Waals surface area contributed by atoms with E-state index in [0.29, 0.717) is 0 Å². The number of nitrogens with zero attached hydrogens (tertiary/aromatic N) is 3. The Morgan fingerprint density at radius 3 is 2.93 bits per heavy atom. The summed E-state index contributed by atoms with van der Waals surface area (Å²) in [7, 11) is 1.95. The molecule has 0 amide bonds. The van der Waals surface area contributed by atoms with Gasteiger partial charge < -0.3 is 14.6 Å². The summed E-state index contributed by atoms with van der Waals surface area (Å²) in [4.78, 5) is 0. The van der Waals surface area contributed by atoms with Crippen LogP contribution < -0.4 is 5.32 Å². The highest BCUT2D eigenvalue weighted by atomic mass is 16.5. The Bertz CT molecular complexity index is 274. The number of hydrogen-bond acceptors (Lipinski definition) is 4. The van der Waals surface area contributed by atoms with E-state index in [9.17, 15) is 0 Å². The second kappa shape index (κ2) is 6.53. The van der Waals surface area contributed by atoms with E-state index in [2.05, 4.69) is 29.4 Å². The van der Waals surface area contributed by atoms with Crippen LogP contribution in [0.4, 0.5) is 0 Å². The molecule has 5 nitrogen and oxygen atoms in total. The predicted octanol–water partition coefficient (Wildman–Crippen LogP) is 0.892. The van der Waals surface area contributed by atoms with Crippen molar-refractivity contribution in [3.63, 3.8) is 0 Å². The number of ether oxygens (including phenoxy) is 1. The lowest BCUT2D eigenvalue weighted by molar-refractivity contribution is 0.134. The van der Waals surface area contributed by atoms with Crippen molar-refractivity contribution < 1.29 is 4.74 Å². The van der Waals surface area contributed by atoms with Crippen LogP contribution in [0.5, 0.6) is 0 Å². The van der Waals surface area contributed by atoms with Crippen LogP contribution in [0.2, 0.25) is 0 Å². The van der Waals surface area contributed by atoms with Crippen LogP contribution >= 0.6 is 0 Å². The molecule has 1 aromatic rings. The van der Waals surface area contributed by atoms with Crippen molar-refractivity contribution in [2.24, 2.45) is 7.05 Å². The second-order valence-corrected chi connectivity index (χ2v) is 3.59. The Morgan fingerprint density at radius 2 is 2.33 bits per heavy atom. The Morgan fingerprint density at radius 1 is 1.53 bits per heavy atom. The quantitative estimate of drug-likeness (QED) is 0.682. The van der Waals surface area contributed by atoms with Crippen molar-refractivity contribution in [1.82, 2.24) is 20.1 Å². The number of aromatic nitrogens is 3. The third-order valence-corrected chi connectivity index (χ3v) is 2.18. The highest BCUT2D eigenvalue weighted by molar-refractivity contribution is 4.91. The summed E-state index contributed by atoms with van der Waals surface area (Å²) < 4.78 is 7.30. The third kappa shape index (κ3) is 3.97. The summed E-state index contributed by atoms with van der Waals surface area (Å²) in [5.41, 5.74) is 0. The maximum atomic E-state index is 5.38. The van der Waals surface area contributed by atoms with Crippen LogP contribution in [-0.2, 0) is 11.8 Å². The Hall–Kier alpha value is -0.940. The molecule has 0 aromatic carbocycles. The van der Waals surface area contributed by atoms with Crippen molar-refractivity contribution in [2.45, 2.75) is 26.3 Å². The molecule has 0 saturated carbocycles. The maximum Gasteiger partial charge on any atom is 0.149 e. The average molecular weight is 212 g/mol. The standard InChI is InChI=1S/C10H20N4O/c1-4-6-15-7-5-11-9(2)10-13-12-8-14(10)3/h8-9,11H,4-7H2,1-3H3. The van der Waals surface area contributed by atoms with Crippen molar-refractivity contribution in [1.29, 1.82) is 0 Å². The van der Waals surface area contributed by atoms with Gasteiger partial charge in [0.1, 0.15) is 12.2 Å². The molecule has 0 spiro atoms. The van der Waals surface area contributed by atoms with E-state index < -0.39 is 0 Å². The lowest BCUT2D eigenvalue weighted by atomic mass is 10.3. The zero-order valence-electron chi connectivity index (χ0n) is 9.73. The van der Waals surface area contributed by atoms with E-state index in [4.69, 9.17) is 4.74 Å². The molecule has 15 heavy (non-hydrogen) atoms. The molecule has 1 atom stereocenters. The molecule has 86 valence electrons. The molecule has 0 fully saturated rings. The number of hydrogen-bond donors (Lipinski definition) is 1. The van der Waals surface area contributed by atoms with Crippen LogP contribution in [0.15, 0.2) is 6.33 Å². The summed E-state index contributed by atoms with van der Waals surface area (Å²) in [5.74, 6) is 0.950. The highest BCUT2D eigenvalue weighted by Gasteiger charge is 2.09. The van der Waals surface area contributed by atoms with Gasteiger partial charge in [0.2, 0.25) is 0 Å². The first-order valence-electron chi connectivity index (χ1n) is 5.40. The van der Waals surface area contributed by atoms with Gasteiger partial charge in [-0.15, -0.1) is 10.2 Å². The van der Waals surface area contributed by atoms with Crippen LogP contribution in [0.1, 0.15) is 32.1 Å². The van der Waals surface area contributed by atoms with Gasteiger partial charge in [-0.1, -0.05) is 6.92 Å². The summed E-state index contributed by atoms with van der Waals surface area (Å²) in [6.07, 6.45) is 2.78. The first-order chi connectivity index (χ1) is 7.25. The molecule has 0 aliphatic rings. The first kappa shape index (κ1) is 12.1. The molecule has 0 saturated heterocycles. The van der Waals surface area contributed by atoms with Gasteiger partial charge in [-0.25, -0.2) is 0 Å². The Labute approximate surface area is 90.8 Å². The van der Waals surface area contributed by atoms with Gasteiger partial charge in [0.15, 0.2) is 0 Å². The minimum Gasteiger partial charge on any atom is -0.380 e. The van der Waals surface area contributed by atoms with Gasteiger partial charge in [-0.2, -0.15) is 0 Å². The summed E-state index contributed by atoms with van der Waals surface area (Å²) in [6.45, 7) is 6.60. The molecule has 1 N–H and O–H groups in total. The van der Waals surface area contributed by atoms with Crippen molar-refractivity contribution >= 4 is 0 Å². The van der Waals surface area contributed by atoms with E-state index in [1.165, 1.54) is 0 Å². The Balaban J connectivity index is 2.19. The zero-order valence-corrected chi connectivity index (χ0v) is 9.73. The molecule has 5 heteroatoms. The molecule has 1 aromatic heterocycles. The molecule has 1 unspecified atom stereocenters. The van der Waals surface area contributed by atoms with Gasteiger partial charge in [0.05, 0.1) is 12.6 Å². The molecule has 0 radical (unpaired) electrons. The smallest absolute Gasteiger partial charge is 0.149 e. The second-order valence-electron chi connectivity index (χ2n) is 3.59. The molecular weight excluding hydrogens is 192 g/mol. The van der Waals surface area contributed by atoms with Gasteiger partial charge in [0, 0.05) is 20.2 Å². The van der Waals surface area contributed by atoms with E-state index in [1.807, 2.05) is 11.6 Å². The topological polar surface area (TPSA) is 52.0 Å². The molecule has 0 bridgehead atoms. The summed E-state index contributed by atoms with van der Waals surface area (Å²) in [5, 5.41) is 11.2. The Kier molecular flexibility index (Phi) is 5.28. The first-order valence-corrected chi connectivity index (χ1v) is 5.40. The fraction of sp³-hybridized carbons (Fsp3) is 0.800. The fourth-order valence-electron chi connectivity index (χ4n) is 1.37. The van der Waals surface area contributed by atoms with Crippen LogP contribution in [0, 0.1) is 0 Å². The summed E-state index contributed by atoms with van der Waals surface area (Å²) >= 11 is 0. The average Bonchev–Trinajstić information content (AvgIpc) is 2.64. The van der Waals surface area contributed by atoms with Gasteiger partial charge in [-0.3, -0.25) is 0 Å². The lowest BCUT2D eigenvalue weighted by Crippen LogP contribution is -2.25. The number of rotatable bonds is 7. The minimum absolute atomic E-state index is 0.211. The van der Waals surface area contributed by atoms with Crippen LogP contribution in [0.25, 0.3) is 0 Å². The monoisotopic (exact) mass is 212 g/mol. The van der Waals surface area contributed by atoms with E-state index in [-0.39, 0.29) is 6.04 Å². The molecule has 0 aliphatic carbocycles. The van der Waals surface area contributed by atoms with Crippen molar-refractivity contribution in [3.05, 3.63) is 12.2 Å². The number of nitrogens with one attached hydrogen (secondary N) is 1. The van der Waals surface area contributed by atoms with E-state index >= 15 is 0 Å². The SMILES string of the molecule is CCCOCCNC(C)c1nncn1C. The van der Waals surface area contributed by atoms with Crippen LogP contribution in [0.3, 0.4) is 0 Å². The van der Waals surface area contributed by atoms with Crippen molar-refractivity contribution in [3.8, 4) is 0 Å². The molecule has 1 heterocycles. The van der Waals surface area contributed by atoms with Gasteiger partial charge in [-0.05, 0) is 13.3 Å². The van der Waals surface area contributed by atoms with E-state index in [1.54, 1.807) is 6.33 Å². The molecule has 1 rings (SSSR count).